The van der Waals surface area contributed by atoms with Crippen molar-refractivity contribution in [1.82, 2.24) is 14.9 Å². The van der Waals surface area contributed by atoms with Gasteiger partial charge in [0.05, 0.1) is 5.54 Å². The fourth-order valence-corrected chi connectivity index (χ4v) is 6.02. The number of barbiturate groups is 1. The second-order valence-corrected chi connectivity index (χ2v) is 12.2. The molecule has 1 aromatic rings. The van der Waals surface area contributed by atoms with Crippen LogP contribution in [0.1, 0.15) is 64.0 Å². The van der Waals surface area contributed by atoms with E-state index in [-0.39, 0.29) is 18.3 Å². The zero-order valence-corrected chi connectivity index (χ0v) is 20.6. The summed E-state index contributed by atoms with van der Waals surface area (Å²) >= 11 is -1.46. The van der Waals surface area contributed by atoms with E-state index in [0.717, 1.165) is 0 Å². The molecule has 34 heavy (non-hydrogen) atoms. The van der Waals surface area contributed by atoms with Gasteiger partial charge in [-0.15, -0.1) is 4.72 Å². The molecule has 0 aromatic heterocycles. The highest BCUT2D eigenvalue weighted by Crippen LogP contribution is 2.43. The Hall–Kier alpha value is -2.01. The summed E-state index contributed by atoms with van der Waals surface area (Å²) in [6, 6.07) is 3.86. The number of amides is 4. The number of nitrogens with one attached hydrogen (secondary N) is 2. The van der Waals surface area contributed by atoms with E-state index in [1.165, 1.54) is 11.0 Å². The monoisotopic (exact) mass is 493 g/mol. The van der Waals surface area contributed by atoms with Gasteiger partial charge in [-0.3, -0.25) is 19.8 Å². The van der Waals surface area contributed by atoms with Gasteiger partial charge in [0.2, 0.25) is 11.8 Å². The lowest BCUT2D eigenvalue weighted by Gasteiger charge is -2.39. The largest absolute Gasteiger partial charge is 0.598 e. The van der Waals surface area contributed by atoms with E-state index in [0.29, 0.717) is 56.4 Å². The standard InChI is InChI=1S/C24H32FN3O5S/c1-23(2,3)34(32)27-24(11-7-16-18(24)5-4-6-19(16)25)12-8-17-20(29)26-22(31)28(21(17)30)15-9-13-33-14-10-15/h4-6,15,17,27H,7-14H2,1-3H3,(H,26,29,31)/t17?,24-,34?/m1/s1. The first-order valence-electron chi connectivity index (χ1n) is 11.8. The molecule has 4 amide bonds. The second kappa shape index (κ2) is 9.56. The van der Waals surface area contributed by atoms with Crippen LogP contribution < -0.4 is 10.0 Å². The minimum atomic E-state index is -1.46. The van der Waals surface area contributed by atoms with Crippen molar-refractivity contribution in [2.45, 2.75) is 75.6 Å². The van der Waals surface area contributed by atoms with Crippen molar-refractivity contribution in [1.29, 1.82) is 0 Å². The first-order valence-corrected chi connectivity index (χ1v) is 12.9. The second-order valence-electron chi connectivity index (χ2n) is 10.3. The Morgan fingerprint density at radius 3 is 2.65 bits per heavy atom. The first-order chi connectivity index (χ1) is 16.0. The normalized spacial score (nSPS) is 27.0. The third-order valence-electron chi connectivity index (χ3n) is 7.00. The van der Waals surface area contributed by atoms with Crippen LogP contribution in [0, 0.1) is 11.7 Å². The quantitative estimate of drug-likeness (QED) is 0.466. The molecule has 0 saturated carbocycles. The van der Waals surface area contributed by atoms with Crippen LogP contribution in [-0.2, 0) is 37.6 Å². The van der Waals surface area contributed by atoms with E-state index in [1.54, 1.807) is 6.07 Å². The van der Waals surface area contributed by atoms with E-state index in [1.807, 2.05) is 26.8 Å². The van der Waals surface area contributed by atoms with Crippen LogP contribution in [0.25, 0.3) is 0 Å². The molecule has 2 aliphatic heterocycles. The van der Waals surface area contributed by atoms with Gasteiger partial charge in [-0.25, -0.2) is 9.18 Å². The lowest BCUT2D eigenvalue weighted by Crippen LogP contribution is -2.62. The molecule has 10 heteroatoms. The lowest BCUT2D eigenvalue weighted by molar-refractivity contribution is -0.145. The minimum absolute atomic E-state index is 0.141. The predicted molar refractivity (Wildman–Crippen MR) is 124 cm³/mol. The van der Waals surface area contributed by atoms with Gasteiger partial charge in [0.1, 0.15) is 16.5 Å². The molecule has 1 aliphatic carbocycles. The van der Waals surface area contributed by atoms with Gasteiger partial charge in [0, 0.05) is 30.6 Å². The number of carbonyl (C=O) groups excluding carboxylic acids is 3. The molecule has 2 N–H and O–H groups in total. The molecule has 2 unspecified atom stereocenters. The Morgan fingerprint density at radius 1 is 1.26 bits per heavy atom. The highest BCUT2D eigenvalue weighted by Gasteiger charge is 2.49. The van der Waals surface area contributed by atoms with E-state index in [2.05, 4.69) is 10.0 Å². The Labute approximate surface area is 202 Å². The van der Waals surface area contributed by atoms with Crippen LogP contribution in [0.5, 0.6) is 0 Å². The third-order valence-corrected chi connectivity index (χ3v) is 8.69. The van der Waals surface area contributed by atoms with Crippen molar-refractivity contribution >= 4 is 29.2 Å². The van der Waals surface area contributed by atoms with Gasteiger partial charge in [-0.1, -0.05) is 12.1 Å². The highest BCUT2D eigenvalue weighted by atomic mass is 32.2. The van der Waals surface area contributed by atoms with Crippen LogP contribution in [0.15, 0.2) is 18.2 Å². The van der Waals surface area contributed by atoms with Gasteiger partial charge < -0.3 is 9.29 Å². The summed E-state index contributed by atoms with van der Waals surface area (Å²) in [5, 5.41) is 2.33. The van der Waals surface area contributed by atoms with E-state index < -0.39 is 45.4 Å². The average molecular weight is 494 g/mol. The van der Waals surface area contributed by atoms with Crippen molar-refractivity contribution in [3.05, 3.63) is 35.1 Å². The van der Waals surface area contributed by atoms with E-state index in [9.17, 15) is 23.3 Å². The summed E-state index contributed by atoms with van der Waals surface area (Å²) in [5.41, 5.74) is 0.437. The van der Waals surface area contributed by atoms with Crippen LogP contribution in [0.3, 0.4) is 0 Å². The Bertz CT molecular complexity index is 978. The predicted octanol–water partition coefficient (Wildman–Crippen LogP) is 2.67. The Kier molecular flexibility index (Phi) is 7.06. The van der Waals surface area contributed by atoms with Crippen molar-refractivity contribution in [2.75, 3.05) is 13.2 Å². The third kappa shape index (κ3) is 4.73. The summed E-state index contributed by atoms with van der Waals surface area (Å²) < 4.78 is 35.7. The number of imide groups is 2. The number of hydrogen-bond donors (Lipinski definition) is 2. The first kappa shape index (κ1) is 25.1. The van der Waals surface area contributed by atoms with Crippen molar-refractivity contribution in [3.8, 4) is 0 Å². The summed E-state index contributed by atoms with van der Waals surface area (Å²) in [6.45, 7) is 6.45. The molecule has 3 atom stereocenters. The van der Waals surface area contributed by atoms with Crippen LogP contribution in [0.4, 0.5) is 9.18 Å². The lowest BCUT2D eigenvalue weighted by atomic mass is 9.84. The molecule has 3 aliphatic rings. The fraction of sp³-hybridized carbons (Fsp3) is 0.625. The van der Waals surface area contributed by atoms with Gasteiger partial charge in [-0.2, -0.15) is 0 Å². The van der Waals surface area contributed by atoms with Gasteiger partial charge in [0.15, 0.2) is 0 Å². The molecular weight excluding hydrogens is 461 g/mol. The number of benzene rings is 1. The number of fused-ring (bicyclic) bond motifs is 1. The molecule has 8 nitrogen and oxygen atoms in total. The maximum atomic E-state index is 14.5. The van der Waals surface area contributed by atoms with Crippen LogP contribution in [0.2, 0.25) is 0 Å². The number of ether oxygens (including phenoxy) is 1. The van der Waals surface area contributed by atoms with Crippen molar-refractivity contribution in [3.63, 3.8) is 0 Å². The molecule has 2 fully saturated rings. The SMILES string of the molecule is CC(C)(C)[S+]([O-])N[C@@]1(CCC2C(=O)NC(=O)N(C3CCOCC3)C2=O)CCc2c(F)cccc21. The molecule has 4 rings (SSSR count). The number of rotatable bonds is 6. The van der Waals surface area contributed by atoms with Crippen LogP contribution in [-0.4, -0.2) is 51.3 Å². The molecule has 1 aromatic carbocycles. The Morgan fingerprint density at radius 2 is 1.97 bits per heavy atom. The number of halogens is 1. The van der Waals surface area contributed by atoms with Crippen LogP contribution >= 0.6 is 0 Å². The summed E-state index contributed by atoms with van der Waals surface area (Å²) in [5.74, 6) is -2.49. The van der Waals surface area contributed by atoms with Gasteiger partial charge in [0.25, 0.3) is 0 Å². The smallest absolute Gasteiger partial charge is 0.331 e. The topological polar surface area (TPSA) is 111 Å². The molecular formula is C24H32FN3O5S. The zero-order valence-electron chi connectivity index (χ0n) is 19.8. The molecule has 0 bridgehead atoms. The van der Waals surface area contributed by atoms with Crippen molar-refractivity contribution in [2.24, 2.45) is 5.92 Å². The summed E-state index contributed by atoms with van der Waals surface area (Å²) in [4.78, 5) is 39.6. The summed E-state index contributed by atoms with van der Waals surface area (Å²) in [6.07, 6.45) is 2.46. The van der Waals surface area contributed by atoms with Crippen molar-refractivity contribution < 1.29 is 28.1 Å². The average Bonchev–Trinajstić information content (AvgIpc) is 3.13. The van der Waals surface area contributed by atoms with E-state index in [4.69, 9.17) is 4.74 Å². The molecule has 0 spiro atoms. The molecule has 2 saturated heterocycles. The number of hydrogen-bond acceptors (Lipinski definition) is 6. The molecule has 2 heterocycles. The number of carbonyl (C=O) groups is 3. The fourth-order valence-electron chi connectivity index (χ4n) is 5.05. The molecule has 0 radical (unpaired) electrons. The summed E-state index contributed by atoms with van der Waals surface area (Å²) in [7, 11) is 0. The molecule has 186 valence electrons. The van der Waals surface area contributed by atoms with Gasteiger partial charge in [-0.05, 0) is 76.5 Å². The van der Waals surface area contributed by atoms with E-state index >= 15 is 0 Å². The maximum absolute atomic E-state index is 14.5. The minimum Gasteiger partial charge on any atom is -0.598 e. The number of nitrogens with zero attached hydrogens (tertiary/aromatic N) is 1. The maximum Gasteiger partial charge on any atom is 0.331 e. The highest BCUT2D eigenvalue weighted by molar-refractivity contribution is 7.90. The Balaban J connectivity index is 1.59. The van der Waals surface area contributed by atoms with Gasteiger partial charge >= 0.3 is 6.03 Å². The zero-order chi connectivity index (χ0) is 24.7. The number of urea groups is 1.